The van der Waals surface area contributed by atoms with Gasteiger partial charge in [0.15, 0.2) is 0 Å². The zero-order chi connectivity index (χ0) is 8.01. The predicted molar refractivity (Wildman–Crippen MR) is 43.3 cm³/mol. The lowest BCUT2D eigenvalue weighted by Gasteiger charge is -2.37. The fourth-order valence-electron chi connectivity index (χ4n) is 2.65. The summed E-state index contributed by atoms with van der Waals surface area (Å²) in [5, 5.41) is 0. The van der Waals surface area contributed by atoms with Crippen LogP contribution in [0.1, 0.15) is 26.2 Å². The van der Waals surface area contributed by atoms with Crippen molar-refractivity contribution in [3.63, 3.8) is 0 Å². The second-order valence-corrected chi connectivity index (χ2v) is 4.12. The lowest BCUT2D eigenvalue weighted by molar-refractivity contribution is 0.0475. The summed E-state index contributed by atoms with van der Waals surface area (Å²) in [6, 6.07) is 0.922. The van der Waals surface area contributed by atoms with Crippen LogP contribution < -0.4 is 0 Å². The zero-order valence-electron chi connectivity index (χ0n) is 7.26. The van der Waals surface area contributed by atoms with E-state index in [0.29, 0.717) is 12.0 Å². The third kappa shape index (κ3) is 0.994. The topological polar surface area (TPSA) is 3.24 Å². The van der Waals surface area contributed by atoms with Crippen LogP contribution in [0.2, 0.25) is 0 Å². The number of piperidine rings is 1. The molecule has 0 saturated carbocycles. The third-order valence-electron chi connectivity index (χ3n) is 3.45. The molecule has 2 heteroatoms. The highest BCUT2D eigenvalue weighted by molar-refractivity contribution is 4.97. The fraction of sp³-hybridized carbons (Fsp3) is 1.00. The SMILES string of the molecule is C[C@H]1C[C@@H]2CC[C@H](C1F)N2C. The molecule has 1 nitrogen and oxygen atoms in total. The molecule has 2 saturated heterocycles. The van der Waals surface area contributed by atoms with Crippen molar-refractivity contribution in [1.82, 2.24) is 4.90 Å². The largest absolute Gasteiger partial charge is 0.298 e. The van der Waals surface area contributed by atoms with Crippen molar-refractivity contribution in [2.45, 2.75) is 44.4 Å². The van der Waals surface area contributed by atoms with Gasteiger partial charge in [-0.25, -0.2) is 4.39 Å². The lowest BCUT2D eigenvalue weighted by Crippen LogP contribution is -2.47. The summed E-state index contributed by atoms with van der Waals surface area (Å²) < 4.78 is 13.5. The lowest BCUT2D eigenvalue weighted by atomic mass is 9.91. The van der Waals surface area contributed by atoms with E-state index in [1.54, 1.807) is 0 Å². The first-order chi connectivity index (χ1) is 5.20. The first kappa shape index (κ1) is 7.53. The van der Waals surface area contributed by atoms with Crippen molar-refractivity contribution in [2.75, 3.05) is 7.05 Å². The van der Waals surface area contributed by atoms with Gasteiger partial charge >= 0.3 is 0 Å². The highest BCUT2D eigenvalue weighted by Gasteiger charge is 2.43. The van der Waals surface area contributed by atoms with Gasteiger partial charge in [0, 0.05) is 12.1 Å². The standard InChI is InChI=1S/C9H16FN/c1-6-5-7-3-4-8(9(6)10)11(7)2/h6-9H,3-5H2,1-2H3/t6-,7-,8+,9?/m0/s1. The van der Waals surface area contributed by atoms with Crippen LogP contribution in [0.3, 0.4) is 0 Å². The van der Waals surface area contributed by atoms with Crippen LogP contribution in [0.15, 0.2) is 0 Å². The van der Waals surface area contributed by atoms with Gasteiger partial charge in [-0.05, 0) is 32.2 Å². The van der Waals surface area contributed by atoms with Gasteiger partial charge in [0.2, 0.25) is 0 Å². The van der Waals surface area contributed by atoms with Gasteiger partial charge in [-0.15, -0.1) is 0 Å². The second kappa shape index (κ2) is 2.44. The van der Waals surface area contributed by atoms with Crippen molar-refractivity contribution < 1.29 is 4.39 Å². The highest BCUT2D eigenvalue weighted by Crippen LogP contribution is 2.38. The van der Waals surface area contributed by atoms with E-state index in [9.17, 15) is 4.39 Å². The molecule has 0 spiro atoms. The van der Waals surface area contributed by atoms with Crippen LogP contribution in [0.5, 0.6) is 0 Å². The Bertz CT molecular complexity index is 160. The van der Waals surface area contributed by atoms with Crippen LogP contribution in [0.4, 0.5) is 4.39 Å². The van der Waals surface area contributed by atoms with E-state index in [1.807, 2.05) is 6.92 Å². The molecule has 2 heterocycles. The highest BCUT2D eigenvalue weighted by atomic mass is 19.1. The number of alkyl halides is 1. The third-order valence-corrected chi connectivity index (χ3v) is 3.45. The van der Waals surface area contributed by atoms with Crippen molar-refractivity contribution in [3.8, 4) is 0 Å². The van der Waals surface area contributed by atoms with Gasteiger partial charge in [0.25, 0.3) is 0 Å². The van der Waals surface area contributed by atoms with E-state index in [1.165, 1.54) is 6.42 Å². The molecule has 1 unspecified atom stereocenters. The van der Waals surface area contributed by atoms with Crippen LogP contribution in [-0.2, 0) is 0 Å². The molecule has 2 bridgehead atoms. The van der Waals surface area contributed by atoms with Gasteiger partial charge in [-0.1, -0.05) is 6.92 Å². The van der Waals surface area contributed by atoms with Crippen LogP contribution >= 0.6 is 0 Å². The molecule has 2 aliphatic rings. The Morgan fingerprint density at radius 2 is 2.09 bits per heavy atom. The molecule has 2 rings (SSSR count). The van der Waals surface area contributed by atoms with Crippen molar-refractivity contribution in [3.05, 3.63) is 0 Å². The number of hydrogen-bond donors (Lipinski definition) is 0. The molecule has 2 fully saturated rings. The minimum Gasteiger partial charge on any atom is -0.298 e. The quantitative estimate of drug-likeness (QED) is 0.518. The van der Waals surface area contributed by atoms with Crippen molar-refractivity contribution in [2.24, 2.45) is 5.92 Å². The van der Waals surface area contributed by atoms with Crippen LogP contribution in [-0.4, -0.2) is 30.2 Å². The second-order valence-electron chi connectivity index (χ2n) is 4.12. The number of rotatable bonds is 0. The number of halogens is 1. The normalized spacial score (nSPS) is 51.5. The Hall–Kier alpha value is -0.110. The molecule has 64 valence electrons. The van der Waals surface area contributed by atoms with E-state index in [0.717, 1.165) is 12.8 Å². The maximum Gasteiger partial charge on any atom is 0.118 e. The molecule has 0 N–H and O–H groups in total. The first-order valence-electron chi connectivity index (χ1n) is 4.56. The molecule has 0 radical (unpaired) electrons. The van der Waals surface area contributed by atoms with Crippen LogP contribution in [0.25, 0.3) is 0 Å². The predicted octanol–water partition coefficient (Wildman–Crippen LogP) is 1.83. The maximum atomic E-state index is 13.5. The molecule has 2 aliphatic heterocycles. The molecule has 0 aliphatic carbocycles. The maximum absolute atomic E-state index is 13.5. The summed E-state index contributed by atoms with van der Waals surface area (Å²) in [5.74, 6) is 0.295. The van der Waals surface area contributed by atoms with Gasteiger partial charge < -0.3 is 0 Å². The molecule has 0 aromatic carbocycles. The first-order valence-corrected chi connectivity index (χ1v) is 4.56. The minimum absolute atomic E-state index is 0.240. The Morgan fingerprint density at radius 3 is 2.82 bits per heavy atom. The van der Waals surface area contributed by atoms with Gasteiger partial charge in [-0.2, -0.15) is 0 Å². The zero-order valence-corrected chi connectivity index (χ0v) is 7.26. The Labute approximate surface area is 67.6 Å². The van der Waals surface area contributed by atoms with Crippen molar-refractivity contribution in [1.29, 1.82) is 0 Å². The van der Waals surface area contributed by atoms with Crippen LogP contribution in [0, 0.1) is 5.92 Å². The molecule has 0 aromatic rings. The Kier molecular flexibility index (Phi) is 1.67. The number of fused-ring (bicyclic) bond motifs is 2. The summed E-state index contributed by atoms with van der Waals surface area (Å²) >= 11 is 0. The Morgan fingerprint density at radius 1 is 1.36 bits per heavy atom. The average molecular weight is 157 g/mol. The number of nitrogens with zero attached hydrogens (tertiary/aromatic N) is 1. The van der Waals surface area contributed by atoms with E-state index in [-0.39, 0.29) is 6.04 Å². The van der Waals surface area contributed by atoms with Crippen molar-refractivity contribution >= 4 is 0 Å². The van der Waals surface area contributed by atoms with E-state index in [2.05, 4.69) is 11.9 Å². The fourth-order valence-corrected chi connectivity index (χ4v) is 2.65. The summed E-state index contributed by atoms with van der Waals surface area (Å²) in [6.45, 7) is 2.04. The smallest absolute Gasteiger partial charge is 0.118 e. The van der Waals surface area contributed by atoms with E-state index < -0.39 is 6.17 Å². The van der Waals surface area contributed by atoms with Gasteiger partial charge in [-0.3, -0.25) is 4.90 Å². The van der Waals surface area contributed by atoms with Gasteiger partial charge in [0.05, 0.1) is 0 Å². The summed E-state index contributed by atoms with van der Waals surface area (Å²) in [5.41, 5.74) is 0. The molecular formula is C9H16FN. The Balaban J connectivity index is 2.16. The average Bonchev–Trinajstić information content (AvgIpc) is 2.23. The van der Waals surface area contributed by atoms with Gasteiger partial charge in [0.1, 0.15) is 6.17 Å². The molecule has 11 heavy (non-hydrogen) atoms. The van der Waals surface area contributed by atoms with E-state index >= 15 is 0 Å². The molecule has 0 aromatic heterocycles. The summed E-state index contributed by atoms with van der Waals surface area (Å²) in [7, 11) is 2.07. The molecular weight excluding hydrogens is 141 g/mol. The summed E-state index contributed by atoms with van der Waals surface area (Å²) in [4.78, 5) is 2.24. The summed E-state index contributed by atoms with van der Waals surface area (Å²) in [6.07, 6.45) is 2.78. The number of hydrogen-bond acceptors (Lipinski definition) is 1. The molecule has 4 atom stereocenters. The van der Waals surface area contributed by atoms with E-state index in [4.69, 9.17) is 0 Å². The minimum atomic E-state index is -0.571. The molecule has 0 amide bonds. The monoisotopic (exact) mass is 157 g/mol.